The predicted octanol–water partition coefficient (Wildman–Crippen LogP) is 2.30. The molecule has 1 aliphatic rings. The van der Waals surface area contributed by atoms with Crippen molar-refractivity contribution in [3.8, 4) is 0 Å². The van der Waals surface area contributed by atoms with Gasteiger partial charge in [0.2, 0.25) is 5.91 Å². The van der Waals surface area contributed by atoms with Gasteiger partial charge in [-0.15, -0.1) is 0 Å². The van der Waals surface area contributed by atoms with Gasteiger partial charge in [-0.2, -0.15) is 0 Å². The SMILES string of the molecule is Cc1ccc(C)c(C2CCCNC2=O)c1. The average molecular weight is 203 g/mol. The first-order valence-corrected chi connectivity index (χ1v) is 5.53. The lowest BCUT2D eigenvalue weighted by Crippen LogP contribution is -2.35. The molecule has 0 bridgehead atoms. The van der Waals surface area contributed by atoms with E-state index < -0.39 is 0 Å². The molecular formula is C13H17NO. The molecule has 1 heterocycles. The third-order valence-corrected chi connectivity index (χ3v) is 3.10. The number of amides is 1. The summed E-state index contributed by atoms with van der Waals surface area (Å²) in [7, 11) is 0. The summed E-state index contributed by atoms with van der Waals surface area (Å²) in [4.78, 5) is 11.7. The molecule has 1 atom stereocenters. The van der Waals surface area contributed by atoms with Gasteiger partial charge in [0.25, 0.3) is 0 Å². The molecule has 0 spiro atoms. The van der Waals surface area contributed by atoms with Crippen LogP contribution >= 0.6 is 0 Å². The van der Waals surface area contributed by atoms with Crippen LogP contribution in [0.25, 0.3) is 0 Å². The van der Waals surface area contributed by atoms with Crippen molar-refractivity contribution in [3.63, 3.8) is 0 Å². The Bertz CT molecular complexity index is 384. The van der Waals surface area contributed by atoms with E-state index in [9.17, 15) is 4.79 Å². The van der Waals surface area contributed by atoms with Crippen molar-refractivity contribution in [2.24, 2.45) is 0 Å². The molecule has 80 valence electrons. The van der Waals surface area contributed by atoms with Crippen LogP contribution in [0, 0.1) is 13.8 Å². The minimum absolute atomic E-state index is 0.0682. The lowest BCUT2D eigenvalue weighted by Gasteiger charge is -2.23. The standard InChI is InChI=1S/C13H17NO/c1-9-5-6-10(2)12(8-9)11-4-3-7-14-13(11)15/h5-6,8,11H,3-4,7H2,1-2H3,(H,14,15). The van der Waals surface area contributed by atoms with Crippen molar-refractivity contribution in [2.75, 3.05) is 6.54 Å². The Morgan fingerprint density at radius 1 is 1.33 bits per heavy atom. The number of aryl methyl sites for hydroxylation is 2. The predicted molar refractivity (Wildman–Crippen MR) is 60.9 cm³/mol. The van der Waals surface area contributed by atoms with Crippen molar-refractivity contribution in [1.29, 1.82) is 0 Å². The number of carbonyl (C=O) groups excluding carboxylic acids is 1. The molecule has 2 heteroatoms. The zero-order valence-electron chi connectivity index (χ0n) is 9.34. The average Bonchev–Trinajstić information content (AvgIpc) is 2.23. The third kappa shape index (κ3) is 2.04. The highest BCUT2D eigenvalue weighted by Gasteiger charge is 2.24. The first-order valence-electron chi connectivity index (χ1n) is 5.53. The smallest absolute Gasteiger partial charge is 0.227 e. The summed E-state index contributed by atoms with van der Waals surface area (Å²) in [6.07, 6.45) is 2.07. The van der Waals surface area contributed by atoms with Gasteiger partial charge < -0.3 is 5.32 Å². The molecule has 1 aromatic carbocycles. The van der Waals surface area contributed by atoms with Crippen molar-refractivity contribution in [3.05, 3.63) is 34.9 Å². The summed E-state index contributed by atoms with van der Waals surface area (Å²) in [5, 5.41) is 2.94. The van der Waals surface area contributed by atoms with E-state index in [2.05, 4.69) is 37.4 Å². The zero-order chi connectivity index (χ0) is 10.8. The molecule has 1 amide bonds. The van der Waals surface area contributed by atoms with E-state index in [1.165, 1.54) is 16.7 Å². The molecule has 1 aliphatic heterocycles. The van der Waals surface area contributed by atoms with Gasteiger partial charge in [-0.25, -0.2) is 0 Å². The second-order valence-corrected chi connectivity index (χ2v) is 4.35. The van der Waals surface area contributed by atoms with Crippen molar-refractivity contribution in [2.45, 2.75) is 32.6 Å². The first-order chi connectivity index (χ1) is 7.18. The molecule has 1 aromatic rings. The van der Waals surface area contributed by atoms with Crippen LogP contribution in [0.4, 0.5) is 0 Å². The maximum Gasteiger partial charge on any atom is 0.227 e. The summed E-state index contributed by atoms with van der Waals surface area (Å²) in [5.41, 5.74) is 3.66. The molecule has 2 nitrogen and oxygen atoms in total. The van der Waals surface area contributed by atoms with Crippen LogP contribution in [0.2, 0.25) is 0 Å². The van der Waals surface area contributed by atoms with Gasteiger partial charge in [-0.05, 0) is 37.8 Å². The van der Waals surface area contributed by atoms with Crippen molar-refractivity contribution in [1.82, 2.24) is 5.32 Å². The van der Waals surface area contributed by atoms with Gasteiger partial charge in [0.05, 0.1) is 5.92 Å². The molecule has 1 N–H and O–H groups in total. The maximum atomic E-state index is 11.7. The highest BCUT2D eigenvalue weighted by Crippen LogP contribution is 2.27. The monoisotopic (exact) mass is 203 g/mol. The molecule has 0 aromatic heterocycles. The second kappa shape index (κ2) is 4.05. The lowest BCUT2D eigenvalue weighted by atomic mass is 9.87. The molecular weight excluding hydrogens is 186 g/mol. The van der Waals surface area contributed by atoms with Crippen LogP contribution in [0.15, 0.2) is 18.2 Å². The van der Waals surface area contributed by atoms with E-state index >= 15 is 0 Å². The van der Waals surface area contributed by atoms with E-state index in [0.717, 1.165) is 19.4 Å². The summed E-state index contributed by atoms with van der Waals surface area (Å²) >= 11 is 0. The Labute approximate surface area is 90.7 Å². The highest BCUT2D eigenvalue weighted by molar-refractivity contribution is 5.84. The number of carbonyl (C=O) groups is 1. The van der Waals surface area contributed by atoms with Crippen LogP contribution in [0.5, 0.6) is 0 Å². The van der Waals surface area contributed by atoms with Gasteiger partial charge >= 0.3 is 0 Å². The summed E-state index contributed by atoms with van der Waals surface area (Å²) < 4.78 is 0. The van der Waals surface area contributed by atoms with Crippen LogP contribution in [-0.2, 0) is 4.79 Å². The molecule has 0 radical (unpaired) electrons. The first kappa shape index (κ1) is 10.2. The van der Waals surface area contributed by atoms with Crippen molar-refractivity contribution < 1.29 is 4.79 Å². The largest absolute Gasteiger partial charge is 0.356 e. The molecule has 1 unspecified atom stereocenters. The molecule has 0 saturated carbocycles. The molecule has 1 fully saturated rings. The zero-order valence-corrected chi connectivity index (χ0v) is 9.34. The fraction of sp³-hybridized carbons (Fsp3) is 0.462. The van der Waals surface area contributed by atoms with E-state index in [-0.39, 0.29) is 11.8 Å². The minimum atomic E-state index is 0.0682. The summed E-state index contributed by atoms with van der Waals surface area (Å²) in [6.45, 7) is 4.99. The second-order valence-electron chi connectivity index (χ2n) is 4.35. The number of benzene rings is 1. The fourth-order valence-corrected chi connectivity index (χ4v) is 2.20. The molecule has 2 rings (SSSR count). The Morgan fingerprint density at radius 2 is 2.13 bits per heavy atom. The lowest BCUT2D eigenvalue weighted by molar-refractivity contribution is -0.123. The van der Waals surface area contributed by atoms with E-state index in [1.54, 1.807) is 0 Å². The number of nitrogens with one attached hydrogen (secondary N) is 1. The van der Waals surface area contributed by atoms with E-state index in [1.807, 2.05) is 0 Å². The van der Waals surface area contributed by atoms with Gasteiger partial charge in [0, 0.05) is 6.54 Å². The maximum absolute atomic E-state index is 11.7. The molecule has 0 aliphatic carbocycles. The number of hydrogen-bond donors (Lipinski definition) is 1. The summed E-state index contributed by atoms with van der Waals surface area (Å²) in [5.74, 6) is 0.258. The van der Waals surface area contributed by atoms with Crippen LogP contribution in [-0.4, -0.2) is 12.5 Å². The highest BCUT2D eigenvalue weighted by atomic mass is 16.1. The fourth-order valence-electron chi connectivity index (χ4n) is 2.20. The van der Waals surface area contributed by atoms with E-state index in [4.69, 9.17) is 0 Å². The third-order valence-electron chi connectivity index (χ3n) is 3.10. The van der Waals surface area contributed by atoms with Crippen LogP contribution in [0.1, 0.15) is 35.4 Å². The number of hydrogen-bond acceptors (Lipinski definition) is 1. The van der Waals surface area contributed by atoms with Crippen LogP contribution in [0.3, 0.4) is 0 Å². The Morgan fingerprint density at radius 3 is 2.87 bits per heavy atom. The van der Waals surface area contributed by atoms with Crippen LogP contribution < -0.4 is 5.32 Å². The Balaban J connectivity index is 2.34. The van der Waals surface area contributed by atoms with Crippen molar-refractivity contribution >= 4 is 5.91 Å². The topological polar surface area (TPSA) is 29.1 Å². The Hall–Kier alpha value is -1.31. The minimum Gasteiger partial charge on any atom is -0.356 e. The van der Waals surface area contributed by atoms with Gasteiger partial charge in [-0.1, -0.05) is 23.8 Å². The molecule has 15 heavy (non-hydrogen) atoms. The number of rotatable bonds is 1. The van der Waals surface area contributed by atoms with Gasteiger partial charge in [-0.3, -0.25) is 4.79 Å². The number of piperidine rings is 1. The Kier molecular flexibility index (Phi) is 2.76. The van der Waals surface area contributed by atoms with Gasteiger partial charge in [0.1, 0.15) is 0 Å². The quantitative estimate of drug-likeness (QED) is 0.745. The normalized spacial score (nSPS) is 21.2. The molecule has 1 saturated heterocycles. The van der Waals surface area contributed by atoms with Gasteiger partial charge in [0.15, 0.2) is 0 Å². The van der Waals surface area contributed by atoms with E-state index in [0.29, 0.717) is 0 Å². The summed E-state index contributed by atoms with van der Waals surface area (Å²) in [6, 6.07) is 6.34.